The summed E-state index contributed by atoms with van der Waals surface area (Å²) in [6.45, 7) is 1.77. The van der Waals surface area contributed by atoms with Gasteiger partial charge >= 0.3 is 0 Å². The third-order valence-corrected chi connectivity index (χ3v) is 4.65. The topological polar surface area (TPSA) is 76.9 Å². The van der Waals surface area contributed by atoms with Crippen LogP contribution in [0.25, 0.3) is 23.2 Å². The molecule has 0 aliphatic heterocycles. The summed E-state index contributed by atoms with van der Waals surface area (Å²) in [5.74, 6) is -0.373. The largest absolute Gasteiger partial charge is 0.322 e. The van der Waals surface area contributed by atoms with Gasteiger partial charge in [0.15, 0.2) is 5.78 Å². The maximum absolute atomic E-state index is 13.1. The Morgan fingerprint density at radius 3 is 2.68 bits per heavy atom. The first kappa shape index (κ1) is 20.0. The van der Waals surface area contributed by atoms with Crippen molar-refractivity contribution in [1.29, 1.82) is 0 Å². The summed E-state index contributed by atoms with van der Waals surface area (Å²) in [6.07, 6.45) is 10.2. The molecule has 0 unspecified atom stereocenters. The van der Waals surface area contributed by atoms with Gasteiger partial charge < -0.3 is 5.32 Å². The van der Waals surface area contributed by atoms with Crippen molar-refractivity contribution in [2.24, 2.45) is 0 Å². The Bertz CT molecular complexity index is 1300. The molecule has 2 aromatic carbocycles. The first-order valence-corrected chi connectivity index (χ1v) is 9.79. The van der Waals surface area contributed by atoms with Gasteiger partial charge in [0.05, 0.1) is 17.4 Å². The molecule has 0 radical (unpaired) electrons. The van der Waals surface area contributed by atoms with Gasteiger partial charge in [0.1, 0.15) is 0 Å². The van der Waals surface area contributed by atoms with Crippen molar-refractivity contribution in [3.05, 3.63) is 102 Å². The van der Waals surface area contributed by atoms with E-state index in [1.807, 2.05) is 42.6 Å². The van der Waals surface area contributed by atoms with Crippen molar-refractivity contribution in [2.45, 2.75) is 6.92 Å². The van der Waals surface area contributed by atoms with E-state index in [2.05, 4.69) is 15.4 Å². The maximum atomic E-state index is 13.1. The van der Waals surface area contributed by atoms with Crippen LogP contribution in [-0.2, 0) is 4.79 Å². The molecule has 0 saturated heterocycles. The van der Waals surface area contributed by atoms with Gasteiger partial charge in [-0.2, -0.15) is 5.10 Å². The van der Waals surface area contributed by atoms with E-state index in [4.69, 9.17) is 0 Å². The van der Waals surface area contributed by atoms with Crippen LogP contribution in [0, 0.1) is 0 Å². The van der Waals surface area contributed by atoms with E-state index in [1.165, 1.54) is 6.08 Å². The predicted octanol–water partition coefficient (Wildman–Crippen LogP) is 4.80. The van der Waals surface area contributed by atoms with Gasteiger partial charge in [-0.15, -0.1) is 0 Å². The highest BCUT2D eigenvalue weighted by molar-refractivity contribution is 6.11. The molecule has 2 aromatic heterocycles. The molecule has 152 valence electrons. The molecule has 0 fully saturated rings. The molecule has 0 bridgehead atoms. The standard InChI is InChI=1S/C25H20N4O2/c1-2-6-24(30)28-22-9-5-7-18(15-22)25(31)19-10-11-20-17-27-29(23(20)16-19)14-12-21-8-3-4-13-26-21/h2-17H,1H3,(H,28,30)/b6-2+,14-12?. The average molecular weight is 408 g/mol. The second kappa shape index (κ2) is 9.00. The molecule has 0 spiro atoms. The van der Waals surface area contributed by atoms with Gasteiger partial charge in [-0.1, -0.05) is 36.4 Å². The van der Waals surface area contributed by atoms with Crippen molar-refractivity contribution in [2.75, 3.05) is 5.32 Å². The fraction of sp³-hybridized carbons (Fsp3) is 0.0400. The average Bonchev–Trinajstić information content (AvgIpc) is 3.20. The number of aromatic nitrogens is 3. The zero-order valence-electron chi connectivity index (χ0n) is 16.9. The number of benzene rings is 2. The summed E-state index contributed by atoms with van der Waals surface area (Å²) in [5.41, 5.74) is 3.23. The maximum Gasteiger partial charge on any atom is 0.248 e. The molecular formula is C25H20N4O2. The second-order valence-corrected chi connectivity index (χ2v) is 6.83. The number of hydrogen-bond donors (Lipinski definition) is 1. The van der Waals surface area contributed by atoms with Crippen LogP contribution in [0.3, 0.4) is 0 Å². The SMILES string of the molecule is C/C=C/C(=O)Nc1cccc(C(=O)c2ccc3cnn(C=Cc4ccccn4)c3c2)c1. The lowest BCUT2D eigenvalue weighted by atomic mass is 10.0. The number of nitrogens with one attached hydrogen (secondary N) is 1. The number of carbonyl (C=O) groups excluding carboxylic acids is 2. The molecule has 0 aliphatic carbocycles. The summed E-state index contributed by atoms with van der Waals surface area (Å²) >= 11 is 0. The van der Waals surface area contributed by atoms with Gasteiger partial charge in [0, 0.05) is 34.6 Å². The van der Waals surface area contributed by atoms with E-state index in [1.54, 1.807) is 60.4 Å². The lowest BCUT2D eigenvalue weighted by Gasteiger charge is -2.06. The minimum atomic E-state index is -0.239. The van der Waals surface area contributed by atoms with Gasteiger partial charge in [-0.05, 0) is 49.4 Å². The molecule has 1 amide bonds. The van der Waals surface area contributed by atoms with Crippen LogP contribution in [0.1, 0.15) is 28.5 Å². The van der Waals surface area contributed by atoms with E-state index < -0.39 is 0 Å². The minimum Gasteiger partial charge on any atom is -0.322 e. The van der Waals surface area contributed by atoms with E-state index in [9.17, 15) is 9.59 Å². The molecular weight excluding hydrogens is 388 g/mol. The van der Waals surface area contributed by atoms with Gasteiger partial charge in [0.2, 0.25) is 5.91 Å². The molecule has 0 aliphatic rings. The van der Waals surface area contributed by atoms with Crippen LogP contribution in [0.4, 0.5) is 5.69 Å². The molecule has 31 heavy (non-hydrogen) atoms. The van der Waals surface area contributed by atoms with Crippen molar-refractivity contribution >= 4 is 40.6 Å². The Morgan fingerprint density at radius 1 is 1.00 bits per heavy atom. The molecule has 0 atom stereocenters. The summed E-state index contributed by atoms with van der Waals surface area (Å²) in [6, 6.07) is 18.1. The second-order valence-electron chi connectivity index (χ2n) is 6.83. The molecule has 0 saturated carbocycles. The Hall–Kier alpha value is -4.32. The third kappa shape index (κ3) is 4.64. The number of hydrogen-bond acceptors (Lipinski definition) is 4. The summed E-state index contributed by atoms with van der Waals surface area (Å²) < 4.78 is 1.72. The highest BCUT2D eigenvalue weighted by Crippen LogP contribution is 2.20. The minimum absolute atomic E-state index is 0.134. The first-order valence-electron chi connectivity index (χ1n) is 9.79. The molecule has 6 nitrogen and oxygen atoms in total. The van der Waals surface area contributed by atoms with Crippen LogP contribution < -0.4 is 5.32 Å². The Balaban J connectivity index is 1.62. The lowest BCUT2D eigenvalue weighted by Crippen LogP contribution is -2.09. The molecule has 4 aromatic rings. The van der Waals surface area contributed by atoms with E-state index in [-0.39, 0.29) is 11.7 Å². The number of pyridine rings is 1. The van der Waals surface area contributed by atoms with Crippen LogP contribution in [0.2, 0.25) is 0 Å². The van der Waals surface area contributed by atoms with Crippen molar-refractivity contribution in [3.8, 4) is 0 Å². The number of amides is 1. The van der Waals surface area contributed by atoms with Gasteiger partial charge in [0.25, 0.3) is 0 Å². The summed E-state index contributed by atoms with van der Waals surface area (Å²) in [5, 5.41) is 8.06. The van der Waals surface area contributed by atoms with Crippen molar-refractivity contribution in [1.82, 2.24) is 14.8 Å². The van der Waals surface area contributed by atoms with Crippen LogP contribution in [0.5, 0.6) is 0 Å². The number of allylic oxidation sites excluding steroid dienone is 1. The van der Waals surface area contributed by atoms with Crippen LogP contribution in [0.15, 0.2) is 85.2 Å². The summed E-state index contributed by atoms with van der Waals surface area (Å²) in [7, 11) is 0. The fourth-order valence-electron chi connectivity index (χ4n) is 3.16. The number of rotatable bonds is 6. The van der Waals surface area contributed by atoms with Gasteiger partial charge in [-0.3, -0.25) is 14.6 Å². The number of carbonyl (C=O) groups is 2. The van der Waals surface area contributed by atoms with Crippen LogP contribution >= 0.6 is 0 Å². The fourth-order valence-corrected chi connectivity index (χ4v) is 3.16. The van der Waals surface area contributed by atoms with Crippen LogP contribution in [-0.4, -0.2) is 26.5 Å². The number of fused-ring (bicyclic) bond motifs is 1. The zero-order chi connectivity index (χ0) is 21.6. The zero-order valence-corrected chi connectivity index (χ0v) is 16.9. The van der Waals surface area contributed by atoms with Crippen molar-refractivity contribution in [3.63, 3.8) is 0 Å². The highest BCUT2D eigenvalue weighted by Gasteiger charge is 2.12. The smallest absolute Gasteiger partial charge is 0.248 e. The predicted molar refractivity (Wildman–Crippen MR) is 123 cm³/mol. The van der Waals surface area contributed by atoms with Crippen molar-refractivity contribution < 1.29 is 9.59 Å². The third-order valence-electron chi connectivity index (χ3n) is 4.65. The Labute approximate surface area is 179 Å². The molecule has 1 N–H and O–H groups in total. The molecule has 4 rings (SSSR count). The Morgan fingerprint density at radius 2 is 1.87 bits per heavy atom. The monoisotopic (exact) mass is 408 g/mol. The number of ketones is 1. The normalized spacial score (nSPS) is 11.4. The van der Waals surface area contributed by atoms with E-state index in [0.717, 1.165) is 16.6 Å². The Kier molecular flexibility index (Phi) is 5.80. The summed E-state index contributed by atoms with van der Waals surface area (Å²) in [4.78, 5) is 29.1. The number of anilines is 1. The lowest BCUT2D eigenvalue weighted by molar-refractivity contribution is -0.111. The van der Waals surface area contributed by atoms with Gasteiger partial charge in [-0.25, -0.2) is 4.68 Å². The highest BCUT2D eigenvalue weighted by atomic mass is 16.1. The van der Waals surface area contributed by atoms with E-state index in [0.29, 0.717) is 16.8 Å². The number of nitrogens with zero attached hydrogens (tertiary/aromatic N) is 3. The quantitative estimate of drug-likeness (QED) is 0.367. The molecule has 6 heteroatoms. The first-order chi connectivity index (χ1) is 15.1. The molecule has 2 heterocycles. The van der Waals surface area contributed by atoms with E-state index >= 15 is 0 Å².